The van der Waals surface area contributed by atoms with Crippen LogP contribution in [0.15, 0.2) is 22.7 Å². The first-order chi connectivity index (χ1) is 8.56. The molecule has 0 radical (unpaired) electrons. The van der Waals surface area contributed by atoms with Crippen molar-refractivity contribution in [3.8, 4) is 0 Å². The molecule has 0 aromatic heterocycles. The van der Waals surface area contributed by atoms with Crippen molar-refractivity contribution < 1.29 is 9.90 Å². The largest absolute Gasteiger partial charge is 0.394 e. The summed E-state index contributed by atoms with van der Waals surface area (Å²) in [5.74, 6) is -0.164. The van der Waals surface area contributed by atoms with E-state index in [1.54, 1.807) is 18.2 Å². The second-order valence-corrected chi connectivity index (χ2v) is 5.99. The molecule has 5 heteroatoms. The summed E-state index contributed by atoms with van der Waals surface area (Å²) >= 11 is 9.19. The Morgan fingerprint density at radius 3 is 2.67 bits per heavy atom. The van der Waals surface area contributed by atoms with E-state index in [1.807, 2.05) is 0 Å². The van der Waals surface area contributed by atoms with Crippen LogP contribution in [0.5, 0.6) is 0 Å². The smallest absolute Gasteiger partial charge is 0.251 e. The first-order valence-electron chi connectivity index (χ1n) is 5.95. The number of amides is 1. The summed E-state index contributed by atoms with van der Waals surface area (Å²) in [5.41, 5.74) is 0.106. The van der Waals surface area contributed by atoms with E-state index in [-0.39, 0.29) is 12.5 Å². The Morgan fingerprint density at radius 1 is 1.44 bits per heavy atom. The Morgan fingerprint density at radius 2 is 2.11 bits per heavy atom. The molecule has 0 heterocycles. The van der Waals surface area contributed by atoms with Gasteiger partial charge in [0.05, 0.1) is 17.2 Å². The van der Waals surface area contributed by atoms with E-state index in [0.717, 1.165) is 25.7 Å². The lowest BCUT2D eigenvalue weighted by Gasteiger charge is -2.28. The Hall–Kier alpha value is -0.580. The average Bonchev–Trinajstić information content (AvgIpc) is 2.82. The molecule has 1 fully saturated rings. The van der Waals surface area contributed by atoms with E-state index in [2.05, 4.69) is 21.2 Å². The fourth-order valence-corrected chi connectivity index (χ4v) is 2.82. The highest BCUT2D eigenvalue weighted by atomic mass is 79.9. The van der Waals surface area contributed by atoms with Crippen LogP contribution in [0.1, 0.15) is 36.0 Å². The zero-order valence-corrected chi connectivity index (χ0v) is 12.2. The summed E-state index contributed by atoms with van der Waals surface area (Å²) in [4.78, 5) is 12.1. The quantitative estimate of drug-likeness (QED) is 0.893. The van der Waals surface area contributed by atoms with Crippen LogP contribution in [-0.4, -0.2) is 23.2 Å². The molecule has 2 rings (SSSR count). The maximum atomic E-state index is 12.1. The van der Waals surface area contributed by atoms with Gasteiger partial charge in [0.2, 0.25) is 0 Å². The van der Waals surface area contributed by atoms with Crippen molar-refractivity contribution >= 4 is 33.4 Å². The van der Waals surface area contributed by atoms with Crippen LogP contribution in [0.2, 0.25) is 5.02 Å². The summed E-state index contributed by atoms with van der Waals surface area (Å²) < 4.78 is 0.696. The number of aliphatic hydroxyl groups excluding tert-OH is 1. The zero-order valence-electron chi connectivity index (χ0n) is 9.88. The molecule has 0 aliphatic heterocycles. The van der Waals surface area contributed by atoms with Crippen LogP contribution in [0.3, 0.4) is 0 Å². The van der Waals surface area contributed by atoms with Crippen molar-refractivity contribution in [2.75, 3.05) is 6.61 Å². The third-order valence-electron chi connectivity index (χ3n) is 3.42. The predicted molar refractivity (Wildman–Crippen MR) is 74.9 cm³/mol. The molecule has 1 amide bonds. The number of halogens is 2. The van der Waals surface area contributed by atoms with Gasteiger partial charge in [0.1, 0.15) is 0 Å². The number of aliphatic hydroxyl groups is 1. The lowest BCUT2D eigenvalue weighted by Crippen LogP contribution is -2.49. The Bertz CT molecular complexity index is 458. The van der Waals surface area contributed by atoms with Gasteiger partial charge in [-0.1, -0.05) is 24.4 Å². The molecule has 1 aromatic carbocycles. The van der Waals surface area contributed by atoms with Gasteiger partial charge in [-0.25, -0.2) is 0 Å². The molecule has 0 atom stereocenters. The SMILES string of the molecule is O=C(NC1(CO)CCCC1)c1ccc(Cl)c(Br)c1. The van der Waals surface area contributed by atoms with Crippen LogP contribution >= 0.6 is 27.5 Å². The molecule has 1 saturated carbocycles. The van der Waals surface area contributed by atoms with Crippen LogP contribution in [0.4, 0.5) is 0 Å². The van der Waals surface area contributed by atoms with E-state index in [4.69, 9.17) is 11.6 Å². The van der Waals surface area contributed by atoms with E-state index in [9.17, 15) is 9.90 Å². The molecule has 1 aromatic rings. The van der Waals surface area contributed by atoms with E-state index < -0.39 is 5.54 Å². The Balaban J connectivity index is 2.13. The molecule has 0 bridgehead atoms. The lowest BCUT2D eigenvalue weighted by molar-refractivity contribution is 0.0838. The van der Waals surface area contributed by atoms with Crippen molar-refractivity contribution in [3.63, 3.8) is 0 Å². The molecule has 1 aliphatic carbocycles. The number of nitrogens with one attached hydrogen (secondary N) is 1. The third-order valence-corrected chi connectivity index (χ3v) is 4.64. The Labute approximate surface area is 120 Å². The number of carbonyl (C=O) groups is 1. The molecule has 3 nitrogen and oxygen atoms in total. The predicted octanol–water partition coefficient (Wildman–Crippen LogP) is 3.14. The summed E-state index contributed by atoms with van der Waals surface area (Å²) in [6.07, 6.45) is 3.77. The number of hydrogen-bond donors (Lipinski definition) is 2. The summed E-state index contributed by atoms with van der Waals surface area (Å²) in [5, 5.41) is 13.0. The molecule has 98 valence electrons. The highest BCUT2D eigenvalue weighted by Crippen LogP contribution is 2.30. The van der Waals surface area contributed by atoms with Crippen LogP contribution in [0.25, 0.3) is 0 Å². The first kappa shape index (κ1) is 13.8. The fraction of sp³-hybridized carbons (Fsp3) is 0.462. The van der Waals surface area contributed by atoms with Gasteiger partial charge in [-0.05, 0) is 47.0 Å². The van der Waals surface area contributed by atoms with Crippen molar-refractivity contribution in [2.24, 2.45) is 0 Å². The van der Waals surface area contributed by atoms with E-state index in [0.29, 0.717) is 15.1 Å². The highest BCUT2D eigenvalue weighted by Gasteiger charge is 2.34. The van der Waals surface area contributed by atoms with Crippen LogP contribution in [-0.2, 0) is 0 Å². The van der Waals surface area contributed by atoms with Gasteiger partial charge < -0.3 is 10.4 Å². The third kappa shape index (κ3) is 2.87. The minimum Gasteiger partial charge on any atom is -0.394 e. The van der Waals surface area contributed by atoms with Crippen molar-refractivity contribution in [1.82, 2.24) is 5.32 Å². The second-order valence-electron chi connectivity index (χ2n) is 4.73. The molecule has 2 N–H and O–H groups in total. The normalized spacial score (nSPS) is 17.7. The average molecular weight is 333 g/mol. The molecule has 0 unspecified atom stereocenters. The lowest BCUT2D eigenvalue weighted by atomic mass is 9.98. The first-order valence-corrected chi connectivity index (χ1v) is 7.12. The van der Waals surface area contributed by atoms with Crippen LogP contribution in [0, 0.1) is 0 Å². The van der Waals surface area contributed by atoms with Crippen LogP contribution < -0.4 is 5.32 Å². The van der Waals surface area contributed by atoms with Gasteiger partial charge in [-0.15, -0.1) is 0 Å². The molecular formula is C13H15BrClNO2. The summed E-state index contributed by atoms with van der Waals surface area (Å²) in [6.45, 7) is -0.00645. The topological polar surface area (TPSA) is 49.3 Å². The van der Waals surface area contributed by atoms with Crippen molar-refractivity contribution in [3.05, 3.63) is 33.3 Å². The molecule has 1 aliphatic rings. The molecule has 18 heavy (non-hydrogen) atoms. The minimum atomic E-state index is -0.441. The van der Waals surface area contributed by atoms with Gasteiger partial charge in [0.25, 0.3) is 5.91 Å². The van der Waals surface area contributed by atoms with Gasteiger partial charge in [0.15, 0.2) is 0 Å². The second kappa shape index (κ2) is 5.59. The monoisotopic (exact) mass is 331 g/mol. The fourth-order valence-electron chi connectivity index (χ4n) is 2.32. The van der Waals surface area contributed by atoms with E-state index in [1.165, 1.54) is 0 Å². The maximum Gasteiger partial charge on any atom is 0.251 e. The zero-order chi connectivity index (χ0) is 13.2. The van der Waals surface area contributed by atoms with E-state index >= 15 is 0 Å². The standard InChI is InChI=1S/C13H15BrClNO2/c14-10-7-9(3-4-11(10)15)12(18)16-13(8-17)5-1-2-6-13/h3-4,7,17H,1-2,5-6,8H2,(H,16,18). The van der Waals surface area contributed by atoms with Crippen molar-refractivity contribution in [1.29, 1.82) is 0 Å². The summed E-state index contributed by atoms with van der Waals surface area (Å²) in [6, 6.07) is 5.06. The molecular weight excluding hydrogens is 318 g/mol. The van der Waals surface area contributed by atoms with Gasteiger partial charge >= 0.3 is 0 Å². The number of benzene rings is 1. The van der Waals surface area contributed by atoms with Gasteiger partial charge in [-0.2, -0.15) is 0 Å². The van der Waals surface area contributed by atoms with Crippen molar-refractivity contribution in [2.45, 2.75) is 31.2 Å². The Kier molecular flexibility index (Phi) is 4.30. The number of rotatable bonds is 3. The van der Waals surface area contributed by atoms with Gasteiger partial charge in [0, 0.05) is 10.0 Å². The molecule has 0 saturated heterocycles. The minimum absolute atomic E-state index is 0.00645. The highest BCUT2D eigenvalue weighted by molar-refractivity contribution is 9.10. The molecule has 0 spiro atoms. The van der Waals surface area contributed by atoms with Gasteiger partial charge in [-0.3, -0.25) is 4.79 Å². The number of hydrogen-bond acceptors (Lipinski definition) is 2. The summed E-state index contributed by atoms with van der Waals surface area (Å²) in [7, 11) is 0. The maximum absolute atomic E-state index is 12.1. The number of carbonyl (C=O) groups excluding carboxylic acids is 1.